The summed E-state index contributed by atoms with van der Waals surface area (Å²) in [6, 6.07) is 9.26. The lowest BCUT2D eigenvalue weighted by atomic mass is 10.2. The zero-order valence-electron chi connectivity index (χ0n) is 12.9. The van der Waals surface area contributed by atoms with Crippen LogP contribution in [0.1, 0.15) is 38.8 Å². The minimum atomic E-state index is -0.928. The van der Waals surface area contributed by atoms with Crippen LogP contribution >= 0.6 is 11.3 Å². The van der Waals surface area contributed by atoms with Gasteiger partial charge in [0.05, 0.1) is 10.7 Å². The van der Waals surface area contributed by atoms with E-state index in [4.69, 9.17) is 0 Å². The fourth-order valence-electron chi connectivity index (χ4n) is 2.89. The molecule has 1 amide bonds. The number of carbonyl (C=O) groups excluding carboxylic acids is 1. The number of hydrogen-bond donors (Lipinski definition) is 1. The van der Waals surface area contributed by atoms with E-state index in [9.17, 15) is 14.7 Å². The first kappa shape index (κ1) is 15.7. The molecule has 0 spiro atoms. The van der Waals surface area contributed by atoms with Crippen LogP contribution < -0.4 is 0 Å². The van der Waals surface area contributed by atoms with Gasteiger partial charge in [-0.25, -0.2) is 9.78 Å². The number of likely N-dealkylation sites (tertiary alicyclic amines) is 1. The molecular formula is C17H18N2O3S. The molecule has 1 aliphatic rings. The van der Waals surface area contributed by atoms with Gasteiger partial charge in [0.1, 0.15) is 10.9 Å². The Labute approximate surface area is 138 Å². The average Bonchev–Trinajstić information content (AvgIpc) is 3.14. The summed E-state index contributed by atoms with van der Waals surface area (Å²) in [5.41, 5.74) is 1.83. The van der Waals surface area contributed by atoms with Crippen molar-refractivity contribution in [2.75, 3.05) is 6.54 Å². The molecule has 5 nitrogen and oxygen atoms in total. The minimum Gasteiger partial charge on any atom is -0.480 e. The summed E-state index contributed by atoms with van der Waals surface area (Å²) in [4.78, 5) is 30.5. The maximum absolute atomic E-state index is 12.7. The number of thiazole rings is 1. The summed E-state index contributed by atoms with van der Waals surface area (Å²) in [5.74, 6) is -1.13. The van der Waals surface area contributed by atoms with Crippen molar-refractivity contribution < 1.29 is 14.7 Å². The number of nitrogens with zero attached hydrogens (tertiary/aromatic N) is 2. The molecule has 2 heterocycles. The Morgan fingerprint density at radius 3 is 2.78 bits per heavy atom. The van der Waals surface area contributed by atoms with Crippen LogP contribution in [0.2, 0.25) is 0 Å². The molecule has 1 atom stereocenters. The van der Waals surface area contributed by atoms with Gasteiger partial charge in [-0.3, -0.25) is 4.79 Å². The van der Waals surface area contributed by atoms with Crippen LogP contribution in [0, 0.1) is 6.92 Å². The standard InChI is InChI=1S/C17H18N2O3S/c1-11-15(16(20)19-9-5-8-13(19)17(21)22)23-14(18-11)10-12-6-3-2-4-7-12/h2-4,6-7,13H,5,8-10H2,1H3,(H,21,22). The molecule has 0 aliphatic carbocycles. The molecule has 0 radical (unpaired) electrons. The van der Waals surface area contributed by atoms with E-state index >= 15 is 0 Å². The number of benzene rings is 1. The van der Waals surface area contributed by atoms with Gasteiger partial charge in [-0.1, -0.05) is 30.3 Å². The van der Waals surface area contributed by atoms with Crippen molar-refractivity contribution in [1.29, 1.82) is 0 Å². The maximum atomic E-state index is 12.7. The lowest BCUT2D eigenvalue weighted by Crippen LogP contribution is -2.40. The Kier molecular flexibility index (Phi) is 4.43. The largest absolute Gasteiger partial charge is 0.480 e. The highest BCUT2D eigenvalue weighted by molar-refractivity contribution is 7.13. The van der Waals surface area contributed by atoms with Crippen LogP contribution in [-0.2, 0) is 11.2 Å². The van der Waals surface area contributed by atoms with Crippen LogP contribution in [-0.4, -0.2) is 39.5 Å². The SMILES string of the molecule is Cc1nc(Cc2ccccc2)sc1C(=O)N1CCCC1C(=O)O. The zero-order valence-corrected chi connectivity index (χ0v) is 13.7. The average molecular weight is 330 g/mol. The molecular weight excluding hydrogens is 312 g/mol. The van der Waals surface area contributed by atoms with Gasteiger partial charge in [-0.05, 0) is 25.3 Å². The summed E-state index contributed by atoms with van der Waals surface area (Å²) in [5, 5.41) is 10.1. The number of carbonyl (C=O) groups is 2. The minimum absolute atomic E-state index is 0.204. The number of aryl methyl sites for hydroxylation is 1. The number of hydrogen-bond acceptors (Lipinski definition) is 4. The van der Waals surface area contributed by atoms with E-state index in [1.54, 1.807) is 0 Å². The van der Waals surface area contributed by atoms with Gasteiger partial charge in [0.15, 0.2) is 0 Å². The van der Waals surface area contributed by atoms with Gasteiger partial charge in [-0.2, -0.15) is 0 Å². The van der Waals surface area contributed by atoms with Crippen LogP contribution in [0.4, 0.5) is 0 Å². The second-order valence-corrected chi connectivity index (χ2v) is 6.76. The van der Waals surface area contributed by atoms with Crippen LogP contribution in [0.3, 0.4) is 0 Å². The first-order valence-corrected chi connectivity index (χ1v) is 8.42. The molecule has 23 heavy (non-hydrogen) atoms. The Morgan fingerprint density at radius 1 is 1.35 bits per heavy atom. The van der Waals surface area contributed by atoms with Gasteiger partial charge in [0.25, 0.3) is 5.91 Å². The highest BCUT2D eigenvalue weighted by Gasteiger charge is 2.35. The summed E-state index contributed by atoms with van der Waals surface area (Å²) < 4.78 is 0. The molecule has 120 valence electrons. The van der Waals surface area contributed by atoms with Gasteiger partial charge >= 0.3 is 5.97 Å². The molecule has 1 unspecified atom stereocenters. The molecule has 1 aromatic heterocycles. The number of aliphatic carboxylic acids is 1. The first-order chi connectivity index (χ1) is 11.1. The lowest BCUT2D eigenvalue weighted by Gasteiger charge is -2.20. The molecule has 1 aromatic carbocycles. The van der Waals surface area contributed by atoms with Crippen molar-refractivity contribution in [3.8, 4) is 0 Å². The highest BCUT2D eigenvalue weighted by Crippen LogP contribution is 2.26. The zero-order chi connectivity index (χ0) is 16.4. The van der Waals surface area contributed by atoms with E-state index in [0.29, 0.717) is 30.0 Å². The summed E-state index contributed by atoms with van der Waals surface area (Å²) in [6.45, 7) is 2.31. The van der Waals surface area contributed by atoms with Crippen molar-refractivity contribution in [1.82, 2.24) is 9.88 Å². The van der Waals surface area contributed by atoms with Crippen LogP contribution in [0.5, 0.6) is 0 Å². The molecule has 0 bridgehead atoms. The van der Waals surface area contributed by atoms with Gasteiger partial charge in [0.2, 0.25) is 0 Å². The monoisotopic (exact) mass is 330 g/mol. The predicted molar refractivity (Wildman–Crippen MR) is 87.8 cm³/mol. The fourth-order valence-corrected chi connectivity index (χ4v) is 3.95. The third kappa shape index (κ3) is 3.27. The molecule has 1 saturated heterocycles. The van der Waals surface area contributed by atoms with E-state index in [-0.39, 0.29) is 5.91 Å². The van der Waals surface area contributed by atoms with Crippen molar-refractivity contribution in [3.63, 3.8) is 0 Å². The quantitative estimate of drug-likeness (QED) is 0.936. The van der Waals surface area contributed by atoms with Gasteiger partial charge < -0.3 is 10.0 Å². The molecule has 2 aromatic rings. The maximum Gasteiger partial charge on any atom is 0.326 e. The fraction of sp³-hybridized carbons (Fsp3) is 0.353. The third-order valence-electron chi connectivity index (χ3n) is 4.03. The Morgan fingerprint density at radius 2 is 2.09 bits per heavy atom. The molecule has 1 fully saturated rings. The predicted octanol–water partition coefficient (Wildman–Crippen LogP) is 2.73. The summed E-state index contributed by atoms with van der Waals surface area (Å²) >= 11 is 1.37. The Balaban J connectivity index is 1.80. The van der Waals surface area contributed by atoms with Crippen molar-refractivity contribution in [2.45, 2.75) is 32.2 Å². The third-order valence-corrected chi connectivity index (χ3v) is 5.18. The molecule has 6 heteroatoms. The van der Waals surface area contributed by atoms with Crippen molar-refractivity contribution in [3.05, 3.63) is 51.5 Å². The number of carboxylic acids is 1. The highest BCUT2D eigenvalue weighted by atomic mass is 32.1. The van der Waals surface area contributed by atoms with Crippen LogP contribution in [0.15, 0.2) is 30.3 Å². The smallest absolute Gasteiger partial charge is 0.326 e. The molecule has 3 rings (SSSR count). The normalized spacial score (nSPS) is 17.4. The molecule has 1 N–H and O–H groups in total. The van der Waals surface area contributed by atoms with Crippen molar-refractivity contribution in [2.24, 2.45) is 0 Å². The van der Waals surface area contributed by atoms with E-state index < -0.39 is 12.0 Å². The number of carboxylic acid groups (broad SMARTS) is 1. The Bertz CT molecular complexity index is 727. The van der Waals surface area contributed by atoms with E-state index in [0.717, 1.165) is 17.0 Å². The summed E-state index contributed by atoms with van der Waals surface area (Å²) in [6.07, 6.45) is 1.94. The van der Waals surface area contributed by atoms with Crippen molar-refractivity contribution >= 4 is 23.2 Å². The summed E-state index contributed by atoms with van der Waals surface area (Å²) in [7, 11) is 0. The van der Waals surface area contributed by atoms with E-state index in [2.05, 4.69) is 4.98 Å². The van der Waals surface area contributed by atoms with Gasteiger partial charge in [0, 0.05) is 13.0 Å². The second kappa shape index (κ2) is 6.50. The Hall–Kier alpha value is -2.21. The van der Waals surface area contributed by atoms with Crippen LogP contribution in [0.25, 0.3) is 0 Å². The molecule has 1 aliphatic heterocycles. The lowest BCUT2D eigenvalue weighted by molar-refractivity contribution is -0.141. The topological polar surface area (TPSA) is 70.5 Å². The first-order valence-electron chi connectivity index (χ1n) is 7.60. The molecule has 0 saturated carbocycles. The number of rotatable bonds is 4. The van der Waals surface area contributed by atoms with E-state index in [1.807, 2.05) is 37.3 Å². The van der Waals surface area contributed by atoms with E-state index in [1.165, 1.54) is 16.2 Å². The second-order valence-electron chi connectivity index (χ2n) is 5.68. The van der Waals surface area contributed by atoms with Gasteiger partial charge in [-0.15, -0.1) is 11.3 Å². The number of aromatic nitrogens is 1. The number of amides is 1.